The van der Waals surface area contributed by atoms with E-state index in [0.717, 1.165) is 19.4 Å². The molecule has 1 atom stereocenters. The minimum atomic E-state index is -3.46. The third-order valence-corrected chi connectivity index (χ3v) is 3.45. The van der Waals surface area contributed by atoms with Crippen LogP contribution >= 0.6 is 24.0 Å². The predicted molar refractivity (Wildman–Crippen MR) is 101 cm³/mol. The summed E-state index contributed by atoms with van der Waals surface area (Å²) in [5.74, 6) is 0.498. The topological polar surface area (TPSA) is 96.6 Å². The molecule has 0 aliphatic carbocycles. The Labute approximate surface area is 146 Å². The van der Waals surface area contributed by atoms with Gasteiger partial charge in [-0.25, -0.2) is 13.6 Å². The minimum absolute atomic E-state index is 0. The van der Waals surface area contributed by atoms with Crippen molar-refractivity contribution in [2.24, 2.45) is 15.5 Å². The molecule has 0 aromatic heterocycles. The molecule has 0 spiro atoms. The van der Waals surface area contributed by atoms with Gasteiger partial charge in [0.1, 0.15) is 0 Å². The fourth-order valence-corrected chi connectivity index (χ4v) is 1.91. The molecule has 1 unspecified atom stereocenters. The number of hydrogen-bond donors (Lipinski definition) is 3. The summed E-state index contributed by atoms with van der Waals surface area (Å²) < 4.78 is 21.7. The van der Waals surface area contributed by atoms with Crippen LogP contribution in [0.1, 0.15) is 47.5 Å². The van der Waals surface area contributed by atoms with Crippen LogP contribution in [-0.2, 0) is 10.0 Å². The van der Waals surface area contributed by atoms with Gasteiger partial charge in [-0.3, -0.25) is 4.99 Å². The van der Waals surface area contributed by atoms with Gasteiger partial charge in [0.25, 0.3) is 0 Å². The van der Waals surface area contributed by atoms with E-state index in [1.54, 1.807) is 0 Å². The Morgan fingerprint density at radius 3 is 2.33 bits per heavy atom. The number of nitrogens with two attached hydrogens (primary N) is 1. The van der Waals surface area contributed by atoms with Gasteiger partial charge >= 0.3 is 0 Å². The molecule has 21 heavy (non-hydrogen) atoms. The molecule has 8 heteroatoms. The Balaban J connectivity index is 0. The van der Waals surface area contributed by atoms with Crippen molar-refractivity contribution < 1.29 is 8.42 Å². The summed E-state index contributed by atoms with van der Waals surface area (Å²) in [6.45, 7) is 11.6. The van der Waals surface area contributed by atoms with Crippen molar-refractivity contribution in [1.29, 1.82) is 0 Å². The first-order valence-electron chi connectivity index (χ1n) is 7.09. The van der Waals surface area contributed by atoms with Crippen LogP contribution in [0.3, 0.4) is 0 Å². The maximum atomic E-state index is 10.9. The van der Waals surface area contributed by atoms with Crippen molar-refractivity contribution in [3.05, 3.63) is 0 Å². The van der Waals surface area contributed by atoms with E-state index in [2.05, 4.69) is 43.3 Å². The summed E-state index contributed by atoms with van der Waals surface area (Å²) >= 11 is 0. The van der Waals surface area contributed by atoms with Crippen molar-refractivity contribution in [1.82, 2.24) is 10.6 Å². The zero-order valence-corrected chi connectivity index (χ0v) is 16.9. The number of aliphatic imine (C=N–C) groups is 1. The quantitative estimate of drug-likeness (QED) is 0.323. The number of nitrogens with one attached hydrogen (secondary N) is 2. The highest BCUT2D eigenvalue weighted by atomic mass is 127. The Kier molecular flexibility index (Phi) is 11.7. The third-order valence-electron chi connectivity index (χ3n) is 2.70. The molecular formula is C13H31IN4O2S. The first-order valence-corrected chi connectivity index (χ1v) is 8.80. The molecule has 0 fully saturated rings. The van der Waals surface area contributed by atoms with Crippen LogP contribution in [-0.4, -0.2) is 39.3 Å². The molecule has 0 heterocycles. The number of halogens is 1. The van der Waals surface area contributed by atoms with Crippen LogP contribution in [0.5, 0.6) is 0 Å². The molecule has 6 nitrogen and oxygen atoms in total. The Morgan fingerprint density at radius 1 is 1.33 bits per heavy atom. The molecular weight excluding hydrogens is 403 g/mol. The second kappa shape index (κ2) is 10.6. The lowest BCUT2D eigenvalue weighted by atomic mass is 9.89. The summed E-state index contributed by atoms with van der Waals surface area (Å²) in [6, 6.07) is 0.279. The summed E-state index contributed by atoms with van der Waals surface area (Å²) in [5, 5.41) is 11.3. The lowest BCUT2D eigenvalue weighted by Gasteiger charge is -2.23. The van der Waals surface area contributed by atoms with Crippen molar-refractivity contribution in [2.75, 3.05) is 18.8 Å². The van der Waals surface area contributed by atoms with Crippen LogP contribution in [0.25, 0.3) is 0 Å². The molecule has 128 valence electrons. The molecule has 0 saturated carbocycles. The van der Waals surface area contributed by atoms with Crippen LogP contribution in [0.15, 0.2) is 4.99 Å². The van der Waals surface area contributed by atoms with E-state index in [4.69, 9.17) is 5.14 Å². The number of rotatable bonds is 7. The average molecular weight is 434 g/mol. The number of nitrogens with zero attached hydrogens (tertiary/aromatic N) is 1. The molecule has 4 N–H and O–H groups in total. The molecule has 0 bridgehead atoms. The fraction of sp³-hybridized carbons (Fsp3) is 0.923. The Morgan fingerprint density at radius 2 is 1.90 bits per heavy atom. The molecule has 0 aliphatic rings. The van der Waals surface area contributed by atoms with Crippen molar-refractivity contribution in [2.45, 2.75) is 53.5 Å². The SMILES string of the molecule is CCNC(=NCCS(N)(=O)=O)NC(C)CCC(C)(C)C.I. The van der Waals surface area contributed by atoms with E-state index in [-0.39, 0.29) is 42.3 Å². The van der Waals surface area contributed by atoms with Crippen molar-refractivity contribution >= 4 is 40.0 Å². The molecule has 0 aromatic carbocycles. The van der Waals surface area contributed by atoms with E-state index in [1.165, 1.54) is 0 Å². The molecule has 0 saturated heterocycles. The standard InChI is InChI=1S/C13H30N4O2S.HI/c1-6-15-12(16-9-10-20(14,18)19)17-11(2)7-8-13(3,4)5;/h11H,6-10H2,1-5H3,(H2,14,18,19)(H2,15,16,17);1H. The van der Waals surface area contributed by atoms with Crippen molar-refractivity contribution in [3.63, 3.8) is 0 Å². The molecule has 0 rings (SSSR count). The molecule has 0 aliphatic heterocycles. The molecule has 0 amide bonds. The molecule has 0 aromatic rings. The van der Waals surface area contributed by atoms with Crippen LogP contribution in [0, 0.1) is 5.41 Å². The number of primary sulfonamides is 1. The van der Waals surface area contributed by atoms with Gasteiger partial charge in [0.2, 0.25) is 10.0 Å². The largest absolute Gasteiger partial charge is 0.357 e. The zero-order chi connectivity index (χ0) is 15.8. The monoisotopic (exact) mass is 434 g/mol. The summed E-state index contributed by atoms with van der Waals surface area (Å²) in [7, 11) is -3.46. The van der Waals surface area contributed by atoms with Gasteiger partial charge in [0, 0.05) is 12.6 Å². The van der Waals surface area contributed by atoms with Gasteiger partial charge in [-0.2, -0.15) is 0 Å². The normalized spacial score (nSPS) is 14.3. The number of guanidine groups is 1. The van der Waals surface area contributed by atoms with Crippen LogP contribution in [0.4, 0.5) is 0 Å². The zero-order valence-electron chi connectivity index (χ0n) is 13.8. The predicted octanol–water partition coefficient (Wildman–Crippen LogP) is 1.66. The summed E-state index contributed by atoms with van der Waals surface area (Å²) in [4.78, 5) is 4.22. The van der Waals surface area contributed by atoms with Gasteiger partial charge in [0.15, 0.2) is 5.96 Å². The maximum Gasteiger partial charge on any atom is 0.210 e. The van der Waals surface area contributed by atoms with Gasteiger partial charge in [-0.15, -0.1) is 24.0 Å². The van der Waals surface area contributed by atoms with Crippen molar-refractivity contribution in [3.8, 4) is 0 Å². The third kappa shape index (κ3) is 16.1. The van der Waals surface area contributed by atoms with E-state index in [0.29, 0.717) is 11.4 Å². The fourth-order valence-electron chi connectivity index (χ4n) is 1.56. The number of sulfonamides is 1. The second-order valence-electron chi connectivity index (χ2n) is 6.27. The summed E-state index contributed by atoms with van der Waals surface area (Å²) in [6.07, 6.45) is 2.14. The van der Waals surface area contributed by atoms with Crippen LogP contribution in [0.2, 0.25) is 0 Å². The van der Waals surface area contributed by atoms with E-state index < -0.39 is 10.0 Å². The summed E-state index contributed by atoms with van der Waals surface area (Å²) in [5.41, 5.74) is 0.305. The van der Waals surface area contributed by atoms with Gasteiger partial charge in [-0.05, 0) is 32.1 Å². The highest BCUT2D eigenvalue weighted by molar-refractivity contribution is 14.0. The number of hydrogen-bond acceptors (Lipinski definition) is 3. The average Bonchev–Trinajstić information content (AvgIpc) is 2.24. The van der Waals surface area contributed by atoms with Gasteiger partial charge in [-0.1, -0.05) is 20.8 Å². The highest BCUT2D eigenvalue weighted by Gasteiger charge is 2.13. The Bertz CT molecular complexity index is 405. The van der Waals surface area contributed by atoms with Gasteiger partial charge < -0.3 is 10.6 Å². The van der Waals surface area contributed by atoms with Crippen LogP contribution < -0.4 is 15.8 Å². The minimum Gasteiger partial charge on any atom is -0.357 e. The van der Waals surface area contributed by atoms with E-state index >= 15 is 0 Å². The first kappa shape index (κ1) is 23.2. The molecule has 0 radical (unpaired) electrons. The lowest BCUT2D eigenvalue weighted by molar-refractivity contribution is 0.346. The first-order chi connectivity index (χ1) is 9.03. The van der Waals surface area contributed by atoms with Gasteiger partial charge in [0.05, 0.1) is 12.3 Å². The van der Waals surface area contributed by atoms with E-state index in [9.17, 15) is 8.42 Å². The highest BCUT2D eigenvalue weighted by Crippen LogP contribution is 2.21. The second-order valence-corrected chi connectivity index (χ2v) is 8.01. The smallest absolute Gasteiger partial charge is 0.210 e. The Hall–Kier alpha value is -0.0900. The lowest BCUT2D eigenvalue weighted by Crippen LogP contribution is -2.42. The maximum absolute atomic E-state index is 10.9. The van der Waals surface area contributed by atoms with E-state index in [1.807, 2.05) is 6.92 Å².